The molecule has 1 aromatic rings. The van der Waals surface area contributed by atoms with Gasteiger partial charge in [0.1, 0.15) is 0 Å². The van der Waals surface area contributed by atoms with Crippen LogP contribution in [0.25, 0.3) is 0 Å². The van der Waals surface area contributed by atoms with Gasteiger partial charge in [-0.3, -0.25) is 9.59 Å². The highest BCUT2D eigenvalue weighted by Gasteiger charge is 2.42. The number of anilines is 1. The van der Waals surface area contributed by atoms with Gasteiger partial charge in [-0.05, 0) is 37.8 Å². The van der Waals surface area contributed by atoms with E-state index in [4.69, 9.17) is 0 Å². The van der Waals surface area contributed by atoms with Crippen LogP contribution in [0, 0.1) is 11.8 Å². The SMILES string of the molecule is CC1Cc2ccccc2N1C(=O)C1CCCC1C(=O)O. The number of carboxylic acid groups (broad SMARTS) is 1. The quantitative estimate of drug-likeness (QED) is 0.900. The molecule has 3 atom stereocenters. The molecule has 1 aromatic carbocycles. The molecule has 2 aliphatic rings. The zero-order valence-electron chi connectivity index (χ0n) is 11.6. The van der Waals surface area contributed by atoms with Crippen molar-refractivity contribution >= 4 is 17.6 Å². The Labute approximate surface area is 118 Å². The summed E-state index contributed by atoms with van der Waals surface area (Å²) in [5.74, 6) is -1.71. The lowest BCUT2D eigenvalue weighted by Crippen LogP contribution is -2.42. The lowest BCUT2D eigenvalue weighted by atomic mass is 9.94. The number of fused-ring (bicyclic) bond motifs is 1. The smallest absolute Gasteiger partial charge is 0.307 e. The van der Waals surface area contributed by atoms with Crippen LogP contribution in [0.4, 0.5) is 5.69 Å². The van der Waals surface area contributed by atoms with Crippen LogP contribution in [0.15, 0.2) is 24.3 Å². The maximum Gasteiger partial charge on any atom is 0.307 e. The van der Waals surface area contributed by atoms with Crippen LogP contribution in [-0.4, -0.2) is 23.0 Å². The first-order chi connectivity index (χ1) is 9.59. The van der Waals surface area contributed by atoms with Gasteiger partial charge in [0.25, 0.3) is 0 Å². The third kappa shape index (κ3) is 1.99. The Morgan fingerprint density at radius 1 is 1.20 bits per heavy atom. The molecule has 106 valence electrons. The van der Waals surface area contributed by atoms with Crippen LogP contribution in [0.2, 0.25) is 0 Å². The zero-order chi connectivity index (χ0) is 14.3. The van der Waals surface area contributed by atoms with Crippen LogP contribution < -0.4 is 4.90 Å². The van der Waals surface area contributed by atoms with E-state index in [1.165, 1.54) is 5.56 Å². The average Bonchev–Trinajstić information content (AvgIpc) is 3.01. The number of hydrogen-bond donors (Lipinski definition) is 1. The highest BCUT2D eigenvalue weighted by molar-refractivity contribution is 5.99. The van der Waals surface area contributed by atoms with E-state index in [0.29, 0.717) is 12.8 Å². The van der Waals surface area contributed by atoms with Gasteiger partial charge in [-0.2, -0.15) is 0 Å². The third-order valence-electron chi connectivity index (χ3n) is 4.60. The number of para-hydroxylation sites is 1. The number of carboxylic acids is 1. The van der Waals surface area contributed by atoms with Crippen molar-refractivity contribution in [2.24, 2.45) is 11.8 Å². The molecule has 1 heterocycles. The largest absolute Gasteiger partial charge is 0.481 e. The Kier molecular flexibility index (Phi) is 3.24. The van der Waals surface area contributed by atoms with Crippen molar-refractivity contribution in [3.05, 3.63) is 29.8 Å². The summed E-state index contributed by atoms with van der Waals surface area (Å²) in [5, 5.41) is 9.27. The normalized spacial score (nSPS) is 28.4. The molecule has 3 rings (SSSR count). The molecule has 0 aromatic heterocycles. The predicted octanol–water partition coefficient (Wildman–Crippen LogP) is 2.47. The monoisotopic (exact) mass is 273 g/mol. The Morgan fingerprint density at radius 2 is 1.90 bits per heavy atom. The van der Waals surface area contributed by atoms with Crippen LogP contribution in [0.3, 0.4) is 0 Å². The maximum atomic E-state index is 12.8. The molecular formula is C16H19NO3. The topological polar surface area (TPSA) is 57.6 Å². The average molecular weight is 273 g/mol. The summed E-state index contributed by atoms with van der Waals surface area (Å²) in [6.45, 7) is 2.03. The van der Waals surface area contributed by atoms with Crippen molar-refractivity contribution in [1.82, 2.24) is 0 Å². The van der Waals surface area contributed by atoms with Gasteiger partial charge < -0.3 is 10.0 Å². The van der Waals surface area contributed by atoms with E-state index in [1.54, 1.807) is 0 Å². The minimum Gasteiger partial charge on any atom is -0.481 e. The fraction of sp³-hybridized carbons (Fsp3) is 0.500. The zero-order valence-corrected chi connectivity index (χ0v) is 11.6. The third-order valence-corrected chi connectivity index (χ3v) is 4.60. The maximum absolute atomic E-state index is 12.8. The van der Waals surface area contributed by atoms with Gasteiger partial charge in [0.05, 0.1) is 11.8 Å². The number of aliphatic carboxylic acids is 1. The summed E-state index contributed by atoms with van der Waals surface area (Å²) in [6.07, 6.45) is 3.00. The van der Waals surface area contributed by atoms with Gasteiger partial charge in [-0.15, -0.1) is 0 Å². The fourth-order valence-corrected chi connectivity index (χ4v) is 3.63. The van der Waals surface area contributed by atoms with Gasteiger partial charge >= 0.3 is 5.97 Å². The fourth-order valence-electron chi connectivity index (χ4n) is 3.63. The molecule has 4 heteroatoms. The van der Waals surface area contributed by atoms with Gasteiger partial charge in [-0.1, -0.05) is 24.6 Å². The van der Waals surface area contributed by atoms with Crippen LogP contribution in [-0.2, 0) is 16.0 Å². The lowest BCUT2D eigenvalue weighted by Gasteiger charge is -2.27. The van der Waals surface area contributed by atoms with E-state index >= 15 is 0 Å². The van der Waals surface area contributed by atoms with Gasteiger partial charge in [0.15, 0.2) is 0 Å². The minimum atomic E-state index is -0.832. The highest BCUT2D eigenvalue weighted by Crippen LogP contribution is 2.38. The van der Waals surface area contributed by atoms with E-state index in [-0.39, 0.29) is 17.9 Å². The number of rotatable bonds is 2. The summed E-state index contributed by atoms with van der Waals surface area (Å²) in [6, 6.07) is 8.04. The van der Waals surface area contributed by atoms with Gasteiger partial charge in [0.2, 0.25) is 5.91 Å². The second-order valence-corrected chi connectivity index (χ2v) is 5.87. The first-order valence-electron chi connectivity index (χ1n) is 7.23. The Balaban J connectivity index is 1.89. The van der Waals surface area contributed by atoms with Crippen molar-refractivity contribution in [3.63, 3.8) is 0 Å². The summed E-state index contributed by atoms with van der Waals surface area (Å²) < 4.78 is 0. The van der Waals surface area contributed by atoms with Crippen molar-refractivity contribution in [2.75, 3.05) is 4.90 Å². The summed E-state index contributed by atoms with van der Waals surface area (Å²) in [7, 11) is 0. The van der Waals surface area contributed by atoms with Crippen molar-refractivity contribution in [1.29, 1.82) is 0 Å². The molecule has 1 fully saturated rings. The molecule has 1 N–H and O–H groups in total. The molecule has 0 bridgehead atoms. The summed E-state index contributed by atoms with van der Waals surface area (Å²) in [5.41, 5.74) is 2.14. The minimum absolute atomic E-state index is 0.00708. The van der Waals surface area contributed by atoms with E-state index in [0.717, 1.165) is 18.5 Å². The summed E-state index contributed by atoms with van der Waals surface area (Å²) >= 11 is 0. The second kappa shape index (κ2) is 4.93. The molecule has 1 aliphatic carbocycles. The number of carbonyl (C=O) groups is 2. The molecule has 0 radical (unpaired) electrons. The lowest BCUT2D eigenvalue weighted by molar-refractivity contribution is -0.145. The predicted molar refractivity (Wildman–Crippen MR) is 75.6 cm³/mol. The Morgan fingerprint density at radius 3 is 2.65 bits per heavy atom. The van der Waals surface area contributed by atoms with Crippen molar-refractivity contribution < 1.29 is 14.7 Å². The molecule has 1 amide bonds. The van der Waals surface area contributed by atoms with Crippen molar-refractivity contribution in [2.45, 2.75) is 38.6 Å². The Bertz CT molecular complexity index is 554. The van der Waals surface area contributed by atoms with E-state index in [2.05, 4.69) is 0 Å². The Hall–Kier alpha value is -1.84. The van der Waals surface area contributed by atoms with Crippen LogP contribution in [0.1, 0.15) is 31.7 Å². The standard InChI is InChI=1S/C16H19NO3/c1-10-9-11-5-2-3-8-14(11)17(10)15(18)12-6-4-7-13(12)16(19)20/h2-3,5,8,10,12-13H,4,6-7,9H2,1H3,(H,19,20). The van der Waals surface area contributed by atoms with Crippen LogP contribution in [0.5, 0.6) is 0 Å². The summed E-state index contributed by atoms with van der Waals surface area (Å²) in [4.78, 5) is 25.9. The number of amides is 1. The molecule has 0 saturated heterocycles. The molecule has 3 unspecified atom stereocenters. The number of carbonyl (C=O) groups excluding carboxylic acids is 1. The van der Waals surface area contributed by atoms with Crippen LogP contribution >= 0.6 is 0 Å². The molecule has 1 aliphatic heterocycles. The molecular weight excluding hydrogens is 254 g/mol. The first-order valence-corrected chi connectivity index (χ1v) is 7.23. The molecule has 0 spiro atoms. The molecule has 4 nitrogen and oxygen atoms in total. The van der Waals surface area contributed by atoms with E-state index in [9.17, 15) is 14.7 Å². The number of hydrogen-bond acceptors (Lipinski definition) is 2. The highest BCUT2D eigenvalue weighted by atomic mass is 16.4. The second-order valence-electron chi connectivity index (χ2n) is 5.87. The van der Waals surface area contributed by atoms with E-state index in [1.807, 2.05) is 36.1 Å². The van der Waals surface area contributed by atoms with E-state index < -0.39 is 11.9 Å². The molecule has 1 saturated carbocycles. The first kappa shape index (κ1) is 13.2. The van der Waals surface area contributed by atoms with Crippen molar-refractivity contribution in [3.8, 4) is 0 Å². The molecule has 20 heavy (non-hydrogen) atoms. The number of nitrogens with zero attached hydrogens (tertiary/aromatic N) is 1. The number of benzene rings is 1. The van der Waals surface area contributed by atoms with Gasteiger partial charge in [-0.25, -0.2) is 0 Å². The van der Waals surface area contributed by atoms with Gasteiger partial charge in [0, 0.05) is 11.7 Å².